The van der Waals surface area contributed by atoms with Crippen LogP contribution in [-0.2, 0) is 0 Å². The van der Waals surface area contributed by atoms with Crippen LogP contribution in [0.4, 0.5) is 0 Å². The molecular weight excluding hydrogens is 353 g/mol. The van der Waals surface area contributed by atoms with E-state index in [1.165, 1.54) is 0 Å². The molecular formula is C13H12BrCl2NS. The topological polar surface area (TPSA) is 12.0 Å². The number of hydrogen-bond donors (Lipinski definition) is 1. The molecule has 0 amide bonds. The van der Waals surface area contributed by atoms with Gasteiger partial charge in [-0.05, 0) is 53.2 Å². The van der Waals surface area contributed by atoms with E-state index in [9.17, 15) is 0 Å². The Balaban J connectivity index is 2.41. The van der Waals surface area contributed by atoms with Crippen LogP contribution >= 0.6 is 50.5 Å². The van der Waals surface area contributed by atoms with E-state index in [0.29, 0.717) is 0 Å². The van der Waals surface area contributed by atoms with Gasteiger partial charge in [-0.3, -0.25) is 0 Å². The third-order valence-corrected chi connectivity index (χ3v) is 5.71. The molecule has 0 fully saturated rings. The van der Waals surface area contributed by atoms with Gasteiger partial charge in [0.2, 0.25) is 0 Å². The summed E-state index contributed by atoms with van der Waals surface area (Å²) in [6.07, 6.45) is 0. The van der Waals surface area contributed by atoms with Crippen LogP contribution in [0.1, 0.15) is 22.0 Å². The fourth-order valence-electron chi connectivity index (χ4n) is 1.77. The molecule has 1 aromatic carbocycles. The van der Waals surface area contributed by atoms with E-state index in [4.69, 9.17) is 23.2 Å². The van der Waals surface area contributed by atoms with Crippen molar-refractivity contribution in [2.24, 2.45) is 0 Å². The highest BCUT2D eigenvalue weighted by Gasteiger charge is 2.17. The van der Waals surface area contributed by atoms with E-state index in [1.807, 2.05) is 32.2 Å². The third kappa shape index (κ3) is 2.91. The van der Waals surface area contributed by atoms with Gasteiger partial charge in [0, 0.05) is 14.4 Å². The molecule has 0 aliphatic heterocycles. The van der Waals surface area contributed by atoms with Crippen molar-refractivity contribution < 1.29 is 0 Å². The molecule has 96 valence electrons. The zero-order valence-electron chi connectivity index (χ0n) is 9.93. The number of benzene rings is 1. The van der Waals surface area contributed by atoms with Crippen molar-refractivity contribution >= 4 is 50.5 Å². The van der Waals surface area contributed by atoms with Gasteiger partial charge in [-0.25, -0.2) is 0 Å². The van der Waals surface area contributed by atoms with Crippen molar-refractivity contribution in [3.05, 3.63) is 54.1 Å². The maximum atomic E-state index is 6.18. The van der Waals surface area contributed by atoms with Crippen LogP contribution < -0.4 is 5.32 Å². The molecule has 1 heterocycles. The molecule has 1 N–H and O–H groups in total. The number of thiophene rings is 1. The standard InChI is InChI=1S/C13H12BrCl2NS/c1-7-3-4-8(5-10(7)15)12(17-2)11-6-9(14)13(16)18-11/h3-6,12,17H,1-2H3. The first kappa shape index (κ1) is 14.4. The number of rotatable bonds is 3. The highest BCUT2D eigenvalue weighted by molar-refractivity contribution is 9.10. The van der Waals surface area contributed by atoms with Gasteiger partial charge >= 0.3 is 0 Å². The van der Waals surface area contributed by atoms with Crippen LogP contribution in [0.25, 0.3) is 0 Å². The maximum Gasteiger partial charge on any atom is 0.107 e. The summed E-state index contributed by atoms with van der Waals surface area (Å²) >= 11 is 17.3. The number of nitrogens with one attached hydrogen (secondary N) is 1. The Morgan fingerprint density at radius 2 is 2.00 bits per heavy atom. The zero-order valence-corrected chi connectivity index (χ0v) is 13.8. The molecule has 1 unspecified atom stereocenters. The Kier molecular flexibility index (Phi) is 4.73. The Morgan fingerprint density at radius 1 is 1.28 bits per heavy atom. The Bertz CT molecular complexity index is 549. The average molecular weight is 365 g/mol. The first-order valence-corrected chi connectivity index (χ1v) is 7.77. The highest BCUT2D eigenvalue weighted by Crippen LogP contribution is 2.37. The van der Waals surface area contributed by atoms with E-state index < -0.39 is 0 Å². The SMILES string of the molecule is CNC(c1ccc(C)c(Cl)c1)c1cc(Br)c(Cl)s1. The highest BCUT2D eigenvalue weighted by atomic mass is 79.9. The van der Waals surface area contributed by atoms with Gasteiger partial charge in [0.05, 0.1) is 6.04 Å². The van der Waals surface area contributed by atoms with Crippen LogP contribution in [0.2, 0.25) is 9.36 Å². The molecule has 1 atom stereocenters. The lowest BCUT2D eigenvalue weighted by Crippen LogP contribution is -2.16. The molecule has 2 rings (SSSR count). The van der Waals surface area contributed by atoms with Crippen molar-refractivity contribution in [2.45, 2.75) is 13.0 Å². The molecule has 0 aliphatic carbocycles. The second-order valence-electron chi connectivity index (χ2n) is 4.00. The van der Waals surface area contributed by atoms with Crippen molar-refractivity contribution in [3.63, 3.8) is 0 Å². The Labute approximate surface area is 129 Å². The molecule has 0 spiro atoms. The molecule has 0 aliphatic rings. The minimum atomic E-state index is 0.108. The van der Waals surface area contributed by atoms with Gasteiger partial charge in [0.15, 0.2) is 0 Å². The van der Waals surface area contributed by atoms with Crippen LogP contribution in [0, 0.1) is 6.92 Å². The fraction of sp³-hybridized carbons (Fsp3) is 0.231. The smallest absolute Gasteiger partial charge is 0.107 e. The summed E-state index contributed by atoms with van der Waals surface area (Å²) in [5, 5.41) is 4.08. The first-order chi connectivity index (χ1) is 8.52. The second-order valence-corrected chi connectivity index (χ2v) is 6.95. The Morgan fingerprint density at radius 3 is 2.50 bits per heavy atom. The first-order valence-electron chi connectivity index (χ1n) is 5.41. The average Bonchev–Trinajstić information content (AvgIpc) is 2.65. The summed E-state index contributed by atoms with van der Waals surface area (Å²) in [7, 11) is 1.93. The third-order valence-electron chi connectivity index (χ3n) is 2.77. The van der Waals surface area contributed by atoms with E-state index in [1.54, 1.807) is 11.3 Å². The van der Waals surface area contributed by atoms with Gasteiger partial charge in [-0.2, -0.15) is 0 Å². The van der Waals surface area contributed by atoms with Gasteiger partial charge in [0.1, 0.15) is 4.34 Å². The van der Waals surface area contributed by atoms with Crippen LogP contribution in [0.3, 0.4) is 0 Å². The van der Waals surface area contributed by atoms with Crippen molar-refractivity contribution in [2.75, 3.05) is 7.05 Å². The van der Waals surface area contributed by atoms with Crippen LogP contribution in [-0.4, -0.2) is 7.05 Å². The summed E-state index contributed by atoms with van der Waals surface area (Å²) in [5.74, 6) is 0. The minimum absolute atomic E-state index is 0.108. The quantitative estimate of drug-likeness (QED) is 0.765. The summed E-state index contributed by atoms with van der Waals surface area (Å²) in [5.41, 5.74) is 2.22. The summed E-state index contributed by atoms with van der Waals surface area (Å²) in [4.78, 5) is 1.16. The molecule has 0 bridgehead atoms. The van der Waals surface area contributed by atoms with Crippen molar-refractivity contribution in [1.29, 1.82) is 0 Å². The van der Waals surface area contributed by atoms with E-state index in [-0.39, 0.29) is 6.04 Å². The lowest BCUT2D eigenvalue weighted by Gasteiger charge is -2.15. The van der Waals surface area contributed by atoms with Crippen molar-refractivity contribution in [3.8, 4) is 0 Å². The number of aryl methyl sites for hydroxylation is 1. The number of hydrogen-bond acceptors (Lipinski definition) is 2. The predicted molar refractivity (Wildman–Crippen MR) is 84.1 cm³/mol. The number of halogens is 3. The van der Waals surface area contributed by atoms with Crippen molar-refractivity contribution in [1.82, 2.24) is 5.32 Å². The Hall–Kier alpha value is -0.0600. The van der Waals surface area contributed by atoms with Gasteiger partial charge < -0.3 is 5.32 Å². The largest absolute Gasteiger partial charge is 0.309 e. The second kappa shape index (κ2) is 5.93. The van der Waals surface area contributed by atoms with E-state index in [0.717, 1.165) is 29.8 Å². The normalized spacial score (nSPS) is 12.7. The molecule has 1 aromatic heterocycles. The predicted octanol–water partition coefficient (Wildman–Crippen LogP) is 5.43. The molecule has 2 aromatic rings. The molecule has 0 saturated carbocycles. The summed E-state index contributed by atoms with van der Waals surface area (Å²) in [6, 6.07) is 8.27. The lowest BCUT2D eigenvalue weighted by molar-refractivity contribution is 0.703. The molecule has 18 heavy (non-hydrogen) atoms. The van der Waals surface area contributed by atoms with Crippen LogP contribution in [0.15, 0.2) is 28.7 Å². The van der Waals surface area contributed by atoms with Gasteiger partial charge in [-0.1, -0.05) is 35.3 Å². The lowest BCUT2D eigenvalue weighted by atomic mass is 10.0. The van der Waals surface area contributed by atoms with E-state index in [2.05, 4.69) is 27.3 Å². The fourth-order valence-corrected chi connectivity index (χ4v) is 3.83. The zero-order chi connectivity index (χ0) is 13.3. The molecule has 1 nitrogen and oxygen atoms in total. The summed E-state index contributed by atoms with van der Waals surface area (Å²) < 4.78 is 1.70. The van der Waals surface area contributed by atoms with Crippen LogP contribution in [0.5, 0.6) is 0 Å². The molecule has 0 saturated heterocycles. The molecule has 0 radical (unpaired) electrons. The monoisotopic (exact) mass is 363 g/mol. The summed E-state index contributed by atoms with van der Waals surface area (Å²) in [6.45, 7) is 2.00. The van der Waals surface area contributed by atoms with Gasteiger partial charge in [0.25, 0.3) is 0 Å². The van der Waals surface area contributed by atoms with Gasteiger partial charge in [-0.15, -0.1) is 11.3 Å². The minimum Gasteiger partial charge on any atom is -0.309 e. The molecule has 5 heteroatoms. The maximum absolute atomic E-state index is 6.18. The van der Waals surface area contributed by atoms with E-state index >= 15 is 0 Å².